The van der Waals surface area contributed by atoms with Crippen LogP contribution < -0.4 is 0 Å². The molecule has 0 radical (unpaired) electrons. The predicted octanol–water partition coefficient (Wildman–Crippen LogP) is 2.41. The van der Waals surface area contributed by atoms with Crippen LogP contribution in [0.2, 0.25) is 0 Å². The summed E-state index contributed by atoms with van der Waals surface area (Å²) < 4.78 is 9.63. The van der Waals surface area contributed by atoms with Crippen molar-refractivity contribution in [2.24, 2.45) is 0 Å². The summed E-state index contributed by atoms with van der Waals surface area (Å²) in [6.07, 6.45) is 0. The van der Waals surface area contributed by atoms with Crippen molar-refractivity contribution >= 4 is 33.9 Å². The van der Waals surface area contributed by atoms with E-state index in [4.69, 9.17) is 9.47 Å². The first kappa shape index (κ1) is 12.4. The fourth-order valence-electron chi connectivity index (χ4n) is 2.66. The second kappa shape index (κ2) is 4.49. The molecule has 1 aliphatic rings. The van der Waals surface area contributed by atoms with Crippen molar-refractivity contribution in [1.29, 1.82) is 0 Å². The number of carbonyl (C=O) groups excluding carboxylic acids is 2. The van der Waals surface area contributed by atoms with Gasteiger partial charge in [-0.15, -0.1) is 0 Å². The third-order valence-electron chi connectivity index (χ3n) is 3.47. The van der Waals surface area contributed by atoms with Crippen molar-refractivity contribution < 1.29 is 19.1 Å². The monoisotopic (exact) mass is 268 g/mol. The van der Waals surface area contributed by atoms with E-state index in [2.05, 4.69) is 0 Å². The number of ether oxygens (including phenoxy) is 2. The van der Waals surface area contributed by atoms with Gasteiger partial charge in [0.05, 0.1) is 25.4 Å². The molecule has 0 N–H and O–H groups in total. The molecule has 0 spiro atoms. The second-order valence-corrected chi connectivity index (χ2v) is 4.44. The predicted molar refractivity (Wildman–Crippen MR) is 74.8 cm³/mol. The van der Waals surface area contributed by atoms with Crippen LogP contribution in [0.4, 0.5) is 0 Å². The van der Waals surface area contributed by atoms with Gasteiger partial charge in [0.1, 0.15) is 0 Å². The maximum atomic E-state index is 12.1. The standard InChI is InChI=1S/C16H12O4/c1-19-15(17)13-10-7-3-5-9-6-4-8-11(12(9)10)14(13)16(18)20-2/h3-8H,1-2H3. The van der Waals surface area contributed by atoms with E-state index in [-0.39, 0.29) is 11.1 Å². The van der Waals surface area contributed by atoms with Crippen LogP contribution in [0.15, 0.2) is 36.4 Å². The van der Waals surface area contributed by atoms with Gasteiger partial charge in [0.25, 0.3) is 0 Å². The van der Waals surface area contributed by atoms with Gasteiger partial charge < -0.3 is 9.47 Å². The molecule has 4 heteroatoms. The van der Waals surface area contributed by atoms with Gasteiger partial charge in [-0.2, -0.15) is 0 Å². The highest BCUT2D eigenvalue weighted by Crippen LogP contribution is 2.42. The molecule has 3 rings (SSSR count). The van der Waals surface area contributed by atoms with Crippen LogP contribution >= 0.6 is 0 Å². The van der Waals surface area contributed by atoms with E-state index in [0.29, 0.717) is 11.1 Å². The number of esters is 2. The Labute approximate surface area is 115 Å². The largest absolute Gasteiger partial charge is 0.465 e. The van der Waals surface area contributed by atoms with Gasteiger partial charge in [-0.05, 0) is 21.9 Å². The van der Waals surface area contributed by atoms with Crippen molar-refractivity contribution in [3.63, 3.8) is 0 Å². The summed E-state index contributed by atoms with van der Waals surface area (Å²) in [5.74, 6) is -1.07. The molecule has 0 fully saturated rings. The molecule has 0 saturated carbocycles. The van der Waals surface area contributed by atoms with E-state index in [1.165, 1.54) is 14.2 Å². The number of carbonyl (C=O) groups is 2. The van der Waals surface area contributed by atoms with Gasteiger partial charge >= 0.3 is 11.9 Å². The SMILES string of the molecule is COC(=O)C1=C(C(=O)OC)c2cccc3cccc1c23. The molecule has 0 aromatic heterocycles. The topological polar surface area (TPSA) is 52.6 Å². The van der Waals surface area contributed by atoms with Crippen molar-refractivity contribution in [3.8, 4) is 0 Å². The summed E-state index contributed by atoms with van der Waals surface area (Å²) in [7, 11) is 2.60. The number of methoxy groups -OCH3 is 2. The smallest absolute Gasteiger partial charge is 0.339 e. The third kappa shape index (κ3) is 1.54. The van der Waals surface area contributed by atoms with Crippen molar-refractivity contribution in [2.75, 3.05) is 14.2 Å². The van der Waals surface area contributed by atoms with E-state index in [1.807, 2.05) is 36.4 Å². The molecule has 0 atom stereocenters. The Kier molecular flexibility index (Phi) is 2.79. The zero-order valence-corrected chi connectivity index (χ0v) is 11.1. The molecular weight excluding hydrogens is 256 g/mol. The lowest BCUT2D eigenvalue weighted by Crippen LogP contribution is -2.09. The lowest BCUT2D eigenvalue weighted by atomic mass is 10.0. The number of hydrogen-bond acceptors (Lipinski definition) is 4. The van der Waals surface area contributed by atoms with E-state index in [0.717, 1.165) is 10.8 Å². The number of benzene rings is 2. The average Bonchev–Trinajstić information content (AvgIpc) is 2.83. The van der Waals surface area contributed by atoms with Crippen molar-refractivity contribution in [2.45, 2.75) is 0 Å². The zero-order chi connectivity index (χ0) is 14.3. The van der Waals surface area contributed by atoms with Crippen LogP contribution in [0.1, 0.15) is 11.1 Å². The Bertz CT molecular complexity index is 710. The van der Waals surface area contributed by atoms with Gasteiger partial charge in [0.2, 0.25) is 0 Å². The van der Waals surface area contributed by atoms with E-state index < -0.39 is 11.9 Å². The minimum absolute atomic E-state index is 0.270. The highest BCUT2D eigenvalue weighted by Gasteiger charge is 2.33. The van der Waals surface area contributed by atoms with Crippen LogP contribution in [0.25, 0.3) is 21.9 Å². The molecule has 0 saturated heterocycles. The molecule has 0 unspecified atom stereocenters. The summed E-state index contributed by atoms with van der Waals surface area (Å²) in [5.41, 5.74) is 1.97. The normalized spacial score (nSPS) is 12.7. The molecule has 20 heavy (non-hydrogen) atoms. The average molecular weight is 268 g/mol. The van der Waals surface area contributed by atoms with E-state index in [9.17, 15) is 9.59 Å². The summed E-state index contributed by atoms with van der Waals surface area (Å²) in [6, 6.07) is 11.2. The summed E-state index contributed by atoms with van der Waals surface area (Å²) in [6.45, 7) is 0. The minimum atomic E-state index is -0.533. The fourth-order valence-corrected chi connectivity index (χ4v) is 2.66. The molecule has 0 heterocycles. The highest BCUT2D eigenvalue weighted by molar-refractivity contribution is 6.43. The molecule has 1 aliphatic carbocycles. The Morgan fingerprint density at radius 3 is 1.65 bits per heavy atom. The molecular formula is C16H12O4. The van der Waals surface area contributed by atoms with Crippen LogP contribution in [0.3, 0.4) is 0 Å². The first-order chi connectivity index (χ1) is 9.69. The molecule has 100 valence electrons. The van der Waals surface area contributed by atoms with Gasteiger partial charge in [0, 0.05) is 0 Å². The second-order valence-electron chi connectivity index (χ2n) is 4.44. The number of hydrogen-bond donors (Lipinski definition) is 0. The maximum absolute atomic E-state index is 12.1. The zero-order valence-electron chi connectivity index (χ0n) is 11.1. The third-order valence-corrected chi connectivity index (χ3v) is 3.47. The molecule has 0 bridgehead atoms. The van der Waals surface area contributed by atoms with E-state index in [1.54, 1.807) is 0 Å². The molecule has 0 amide bonds. The van der Waals surface area contributed by atoms with Crippen LogP contribution in [-0.4, -0.2) is 26.2 Å². The Hall–Kier alpha value is -2.62. The fraction of sp³-hybridized carbons (Fsp3) is 0.125. The quantitative estimate of drug-likeness (QED) is 0.785. The minimum Gasteiger partial charge on any atom is -0.465 e. The Morgan fingerprint density at radius 2 is 1.25 bits per heavy atom. The van der Waals surface area contributed by atoms with Crippen molar-refractivity contribution in [3.05, 3.63) is 47.5 Å². The summed E-state index contributed by atoms with van der Waals surface area (Å²) >= 11 is 0. The van der Waals surface area contributed by atoms with Crippen molar-refractivity contribution in [1.82, 2.24) is 0 Å². The lowest BCUT2D eigenvalue weighted by Gasteiger charge is -2.05. The van der Waals surface area contributed by atoms with Crippen LogP contribution in [0.5, 0.6) is 0 Å². The maximum Gasteiger partial charge on any atom is 0.339 e. The molecule has 2 aromatic rings. The molecule has 4 nitrogen and oxygen atoms in total. The number of rotatable bonds is 2. The Balaban J connectivity index is 2.41. The van der Waals surface area contributed by atoms with Crippen LogP contribution in [0, 0.1) is 0 Å². The van der Waals surface area contributed by atoms with Gasteiger partial charge in [0.15, 0.2) is 0 Å². The summed E-state index contributed by atoms with van der Waals surface area (Å²) in [5, 5.41) is 1.86. The Morgan fingerprint density at radius 1 is 0.800 bits per heavy atom. The lowest BCUT2D eigenvalue weighted by molar-refractivity contribution is -0.135. The van der Waals surface area contributed by atoms with Gasteiger partial charge in [-0.1, -0.05) is 36.4 Å². The molecule has 0 aliphatic heterocycles. The van der Waals surface area contributed by atoms with E-state index >= 15 is 0 Å². The van der Waals surface area contributed by atoms with Gasteiger partial charge in [-0.3, -0.25) is 0 Å². The van der Waals surface area contributed by atoms with Gasteiger partial charge in [-0.25, -0.2) is 9.59 Å². The summed E-state index contributed by atoms with van der Waals surface area (Å²) in [4.78, 5) is 24.1. The van der Waals surface area contributed by atoms with Crippen LogP contribution in [-0.2, 0) is 19.1 Å². The first-order valence-electron chi connectivity index (χ1n) is 6.12. The highest BCUT2D eigenvalue weighted by atomic mass is 16.5. The molecule has 2 aromatic carbocycles. The first-order valence-corrected chi connectivity index (χ1v) is 6.12.